The van der Waals surface area contributed by atoms with E-state index in [4.69, 9.17) is 9.47 Å². The van der Waals surface area contributed by atoms with Crippen molar-refractivity contribution in [2.24, 2.45) is 0 Å². The highest BCUT2D eigenvalue weighted by Gasteiger charge is 2.24. The average molecular weight is 583 g/mol. The Kier molecular flexibility index (Phi) is 10.6. The molecule has 0 unspecified atom stereocenters. The van der Waals surface area contributed by atoms with Gasteiger partial charge in [0, 0.05) is 51.6 Å². The van der Waals surface area contributed by atoms with Crippen LogP contribution in [0.2, 0.25) is 25.7 Å². The van der Waals surface area contributed by atoms with Crippen molar-refractivity contribution in [2.75, 3.05) is 13.2 Å². The van der Waals surface area contributed by atoms with Crippen molar-refractivity contribution in [2.45, 2.75) is 85.6 Å². The number of pyridine rings is 1. The first-order chi connectivity index (χ1) is 19.2. The minimum atomic E-state index is -1.25. The molecule has 2 heterocycles. The van der Waals surface area contributed by atoms with E-state index >= 15 is 4.39 Å². The largest absolute Gasteiger partial charge is 0.444 e. The summed E-state index contributed by atoms with van der Waals surface area (Å²) in [5.74, 6) is -1.03. The van der Waals surface area contributed by atoms with Crippen molar-refractivity contribution >= 4 is 20.0 Å². The molecule has 2 aromatic heterocycles. The van der Waals surface area contributed by atoms with Crippen molar-refractivity contribution in [3.8, 4) is 11.1 Å². The van der Waals surface area contributed by atoms with E-state index in [9.17, 15) is 9.59 Å². The Morgan fingerprint density at radius 3 is 2.49 bits per heavy atom. The molecule has 0 radical (unpaired) electrons. The molecule has 0 aliphatic carbocycles. The first-order valence-corrected chi connectivity index (χ1v) is 17.8. The van der Waals surface area contributed by atoms with Gasteiger partial charge >= 0.3 is 6.09 Å². The standard InChI is InChI=1S/C31H43FN4O4Si/c1-9-24-23(20-35(10-2)30(38)40-31(3,4)5)18-33-19-26(24)22-11-12-27(32)25(17-22)28(37)29-34-13-14-36(29)21-39-15-16-41(6,7)8/h11-14,17-19H,9-10,15-16,20-21H2,1-8H3. The van der Waals surface area contributed by atoms with Crippen LogP contribution in [0.25, 0.3) is 11.1 Å². The highest BCUT2D eigenvalue weighted by atomic mass is 28.3. The fourth-order valence-electron chi connectivity index (χ4n) is 4.32. The lowest BCUT2D eigenvalue weighted by atomic mass is 9.94. The molecule has 0 aliphatic rings. The summed E-state index contributed by atoms with van der Waals surface area (Å²) in [5, 5.41) is 0. The lowest BCUT2D eigenvalue weighted by Crippen LogP contribution is -2.36. The number of carbonyl (C=O) groups is 2. The van der Waals surface area contributed by atoms with Crippen LogP contribution in [0.3, 0.4) is 0 Å². The number of rotatable bonds is 12. The van der Waals surface area contributed by atoms with E-state index in [1.807, 2.05) is 34.6 Å². The van der Waals surface area contributed by atoms with Crippen molar-refractivity contribution in [1.82, 2.24) is 19.4 Å². The number of aromatic nitrogens is 3. The van der Waals surface area contributed by atoms with Crippen LogP contribution in [0.1, 0.15) is 61.9 Å². The number of hydrogen-bond donors (Lipinski definition) is 0. The number of nitrogens with zero attached hydrogens (tertiary/aromatic N) is 4. The maximum atomic E-state index is 15.0. The number of imidazole rings is 1. The maximum absolute atomic E-state index is 15.0. The lowest BCUT2D eigenvalue weighted by Gasteiger charge is -2.27. The predicted octanol–water partition coefficient (Wildman–Crippen LogP) is 6.95. The van der Waals surface area contributed by atoms with Crippen molar-refractivity contribution in [3.63, 3.8) is 0 Å². The summed E-state index contributed by atoms with van der Waals surface area (Å²) in [7, 11) is -1.25. The number of halogens is 1. The van der Waals surface area contributed by atoms with Crippen LogP contribution in [0.5, 0.6) is 0 Å². The summed E-state index contributed by atoms with van der Waals surface area (Å²) in [6.07, 6.45) is 6.88. The molecule has 10 heteroatoms. The van der Waals surface area contributed by atoms with Gasteiger partial charge in [-0.25, -0.2) is 14.2 Å². The smallest absolute Gasteiger partial charge is 0.410 e. The molecule has 0 aliphatic heterocycles. The molecule has 3 rings (SSSR count). The van der Waals surface area contributed by atoms with Gasteiger partial charge in [-0.15, -0.1) is 0 Å². The Hall–Kier alpha value is -3.37. The zero-order valence-corrected chi connectivity index (χ0v) is 26.6. The maximum Gasteiger partial charge on any atom is 0.410 e. The Morgan fingerprint density at radius 2 is 1.85 bits per heavy atom. The van der Waals surface area contributed by atoms with Gasteiger partial charge in [-0.3, -0.25) is 9.78 Å². The van der Waals surface area contributed by atoms with Crippen LogP contribution < -0.4 is 0 Å². The molecule has 0 bridgehead atoms. The molecule has 0 saturated carbocycles. The lowest BCUT2D eigenvalue weighted by molar-refractivity contribution is 0.0244. The summed E-state index contributed by atoms with van der Waals surface area (Å²) in [4.78, 5) is 36.5. The number of ketones is 1. The van der Waals surface area contributed by atoms with Crippen LogP contribution >= 0.6 is 0 Å². The highest BCUT2D eigenvalue weighted by molar-refractivity contribution is 6.76. The third-order valence-corrected chi connectivity index (χ3v) is 8.27. The molecular formula is C31H43FN4O4Si. The number of ether oxygens (including phenoxy) is 2. The van der Waals surface area contributed by atoms with Gasteiger partial charge in [-0.05, 0) is 69.0 Å². The molecule has 8 nitrogen and oxygen atoms in total. The third kappa shape index (κ3) is 8.80. The van der Waals surface area contributed by atoms with E-state index in [0.717, 1.165) is 22.7 Å². The molecule has 0 saturated heterocycles. The van der Waals surface area contributed by atoms with E-state index in [2.05, 4.69) is 29.6 Å². The summed E-state index contributed by atoms with van der Waals surface area (Å²) in [6, 6.07) is 5.49. The second-order valence-corrected chi connectivity index (χ2v) is 17.9. The zero-order chi connectivity index (χ0) is 30.4. The third-order valence-electron chi connectivity index (χ3n) is 6.56. The predicted molar refractivity (Wildman–Crippen MR) is 161 cm³/mol. The van der Waals surface area contributed by atoms with Gasteiger partial charge < -0.3 is 18.9 Å². The van der Waals surface area contributed by atoms with Gasteiger partial charge in [0.05, 0.1) is 12.1 Å². The molecule has 1 amide bonds. The minimum Gasteiger partial charge on any atom is -0.444 e. The Labute approximate surface area is 243 Å². The molecule has 41 heavy (non-hydrogen) atoms. The van der Waals surface area contributed by atoms with Gasteiger partial charge in [-0.2, -0.15) is 0 Å². The number of carbonyl (C=O) groups excluding carboxylic acids is 2. The molecule has 1 aromatic carbocycles. The Bertz CT molecular complexity index is 1360. The number of amides is 1. The van der Waals surface area contributed by atoms with Crippen LogP contribution in [0.4, 0.5) is 9.18 Å². The highest BCUT2D eigenvalue weighted by Crippen LogP contribution is 2.29. The SMILES string of the molecule is CCc1c(CN(CC)C(=O)OC(C)(C)C)cncc1-c1ccc(F)c(C(=O)c2nccn2COCC[Si](C)(C)C)c1. The number of hydrogen-bond acceptors (Lipinski definition) is 6. The van der Waals surface area contributed by atoms with E-state index < -0.39 is 31.4 Å². The summed E-state index contributed by atoms with van der Waals surface area (Å²) in [5.41, 5.74) is 2.58. The van der Waals surface area contributed by atoms with Gasteiger partial charge in [0.2, 0.25) is 5.78 Å². The van der Waals surface area contributed by atoms with E-state index in [0.29, 0.717) is 31.7 Å². The molecule has 0 N–H and O–H groups in total. The van der Waals surface area contributed by atoms with E-state index in [-0.39, 0.29) is 18.1 Å². The van der Waals surface area contributed by atoms with Crippen molar-refractivity contribution < 1.29 is 23.5 Å². The van der Waals surface area contributed by atoms with Crippen LogP contribution in [0.15, 0.2) is 43.0 Å². The second kappa shape index (κ2) is 13.5. The molecular weight excluding hydrogens is 539 g/mol. The fraction of sp³-hybridized carbons (Fsp3) is 0.484. The summed E-state index contributed by atoms with van der Waals surface area (Å²) in [6.45, 7) is 17.8. The topological polar surface area (TPSA) is 86.6 Å². The molecule has 0 fully saturated rings. The van der Waals surface area contributed by atoms with E-state index in [1.54, 1.807) is 40.2 Å². The first-order valence-electron chi connectivity index (χ1n) is 14.1. The Morgan fingerprint density at radius 1 is 1.12 bits per heavy atom. The molecule has 3 aromatic rings. The average Bonchev–Trinajstić information content (AvgIpc) is 3.36. The van der Waals surface area contributed by atoms with Crippen LogP contribution in [-0.4, -0.2) is 58.1 Å². The first kappa shape index (κ1) is 32.1. The zero-order valence-electron chi connectivity index (χ0n) is 25.6. The van der Waals surface area contributed by atoms with Crippen molar-refractivity contribution in [3.05, 3.63) is 71.3 Å². The summed E-state index contributed by atoms with van der Waals surface area (Å²) >= 11 is 0. The van der Waals surface area contributed by atoms with Crippen molar-refractivity contribution in [1.29, 1.82) is 0 Å². The van der Waals surface area contributed by atoms with Gasteiger partial charge in [0.1, 0.15) is 18.1 Å². The molecule has 222 valence electrons. The quantitative estimate of drug-likeness (QED) is 0.131. The molecule has 0 spiro atoms. The number of benzene rings is 1. The van der Waals surface area contributed by atoms with Crippen LogP contribution in [-0.2, 0) is 29.2 Å². The normalized spacial score (nSPS) is 11.9. The molecule has 0 atom stereocenters. The second-order valence-electron chi connectivity index (χ2n) is 12.3. The van der Waals surface area contributed by atoms with Gasteiger partial charge in [0.25, 0.3) is 0 Å². The fourth-order valence-corrected chi connectivity index (χ4v) is 5.08. The van der Waals surface area contributed by atoms with Gasteiger partial charge in [0.15, 0.2) is 5.82 Å². The monoisotopic (exact) mass is 582 g/mol. The Balaban J connectivity index is 1.89. The summed E-state index contributed by atoms with van der Waals surface area (Å²) < 4.78 is 28.0. The van der Waals surface area contributed by atoms with E-state index in [1.165, 1.54) is 12.3 Å². The minimum absolute atomic E-state index is 0.0755. The van der Waals surface area contributed by atoms with Gasteiger partial charge in [-0.1, -0.05) is 32.6 Å². The van der Waals surface area contributed by atoms with Crippen LogP contribution in [0, 0.1) is 5.82 Å².